The highest BCUT2D eigenvalue weighted by Gasteiger charge is 2.20. The number of aryl methyl sites for hydroxylation is 1. The largest absolute Gasteiger partial charge is 0.393 e. The Hall–Kier alpha value is -0.870. The standard InChI is InChI=1S/C13H22N2O2/c1-2-7-15-10-14-8-11(15)9-17-13-5-3-12(16)4-6-13/h8,10,12-13,16H,2-7,9H2,1H3. The molecule has 0 bridgehead atoms. The van der Waals surface area contributed by atoms with Gasteiger partial charge in [-0.1, -0.05) is 6.92 Å². The van der Waals surface area contributed by atoms with Crippen LogP contribution in [0.3, 0.4) is 0 Å². The number of aliphatic hydroxyl groups excluding tert-OH is 1. The predicted octanol–water partition coefficient (Wildman–Crippen LogP) is 2.11. The Bertz CT molecular complexity index is 330. The number of aliphatic hydroxyl groups is 1. The third-order valence-corrected chi connectivity index (χ3v) is 3.37. The second-order valence-electron chi connectivity index (χ2n) is 4.82. The molecule has 1 heterocycles. The quantitative estimate of drug-likeness (QED) is 0.854. The van der Waals surface area contributed by atoms with E-state index in [0.717, 1.165) is 44.3 Å². The van der Waals surface area contributed by atoms with E-state index >= 15 is 0 Å². The molecule has 1 aromatic rings. The highest BCUT2D eigenvalue weighted by atomic mass is 16.5. The van der Waals surface area contributed by atoms with E-state index in [0.29, 0.717) is 12.7 Å². The van der Waals surface area contributed by atoms with Gasteiger partial charge < -0.3 is 14.4 Å². The second kappa shape index (κ2) is 6.17. The van der Waals surface area contributed by atoms with Crippen molar-refractivity contribution in [3.8, 4) is 0 Å². The maximum atomic E-state index is 9.42. The fourth-order valence-corrected chi connectivity index (χ4v) is 2.33. The summed E-state index contributed by atoms with van der Waals surface area (Å²) in [6, 6.07) is 0. The van der Waals surface area contributed by atoms with Crippen molar-refractivity contribution in [1.29, 1.82) is 0 Å². The van der Waals surface area contributed by atoms with Gasteiger partial charge in [-0.2, -0.15) is 0 Å². The monoisotopic (exact) mass is 238 g/mol. The van der Waals surface area contributed by atoms with Gasteiger partial charge >= 0.3 is 0 Å². The molecular formula is C13H22N2O2. The van der Waals surface area contributed by atoms with E-state index in [1.165, 1.54) is 0 Å². The van der Waals surface area contributed by atoms with Crippen molar-refractivity contribution in [2.45, 2.75) is 64.4 Å². The minimum atomic E-state index is -0.111. The zero-order valence-electron chi connectivity index (χ0n) is 10.5. The lowest BCUT2D eigenvalue weighted by Crippen LogP contribution is -2.24. The molecule has 96 valence electrons. The molecular weight excluding hydrogens is 216 g/mol. The van der Waals surface area contributed by atoms with Crippen LogP contribution in [0.4, 0.5) is 0 Å². The number of ether oxygens (including phenoxy) is 1. The van der Waals surface area contributed by atoms with E-state index in [1.54, 1.807) is 0 Å². The van der Waals surface area contributed by atoms with Crippen molar-refractivity contribution in [3.05, 3.63) is 18.2 Å². The molecule has 1 aliphatic carbocycles. The molecule has 4 heteroatoms. The Morgan fingerprint density at radius 3 is 2.88 bits per heavy atom. The molecule has 0 aromatic carbocycles. The number of imidazole rings is 1. The first-order chi connectivity index (χ1) is 8.29. The van der Waals surface area contributed by atoms with Crippen molar-refractivity contribution in [2.75, 3.05) is 0 Å². The first kappa shape index (κ1) is 12.6. The SMILES string of the molecule is CCCn1cncc1COC1CCC(O)CC1. The first-order valence-corrected chi connectivity index (χ1v) is 6.58. The van der Waals surface area contributed by atoms with Crippen LogP contribution < -0.4 is 0 Å². The van der Waals surface area contributed by atoms with E-state index in [1.807, 2.05) is 12.5 Å². The number of hydrogen-bond acceptors (Lipinski definition) is 3. The molecule has 1 aliphatic rings. The number of aromatic nitrogens is 2. The topological polar surface area (TPSA) is 47.3 Å². The molecule has 1 aromatic heterocycles. The van der Waals surface area contributed by atoms with Gasteiger partial charge in [0.15, 0.2) is 0 Å². The summed E-state index contributed by atoms with van der Waals surface area (Å²) >= 11 is 0. The molecule has 1 saturated carbocycles. The summed E-state index contributed by atoms with van der Waals surface area (Å²) in [6.07, 6.45) is 8.76. The highest BCUT2D eigenvalue weighted by molar-refractivity contribution is 4.96. The van der Waals surface area contributed by atoms with Crippen molar-refractivity contribution >= 4 is 0 Å². The molecule has 4 nitrogen and oxygen atoms in total. The third kappa shape index (κ3) is 3.54. The lowest BCUT2D eigenvalue weighted by molar-refractivity contribution is -0.0139. The lowest BCUT2D eigenvalue weighted by atomic mass is 9.95. The van der Waals surface area contributed by atoms with Crippen LogP contribution in [0.25, 0.3) is 0 Å². The average Bonchev–Trinajstić information content (AvgIpc) is 2.77. The number of rotatable bonds is 5. The predicted molar refractivity (Wildman–Crippen MR) is 65.6 cm³/mol. The molecule has 0 amide bonds. The van der Waals surface area contributed by atoms with Crippen LogP contribution in [0.1, 0.15) is 44.7 Å². The molecule has 0 atom stereocenters. The van der Waals surface area contributed by atoms with Gasteiger partial charge in [-0.05, 0) is 32.1 Å². The van der Waals surface area contributed by atoms with E-state index < -0.39 is 0 Å². The zero-order valence-corrected chi connectivity index (χ0v) is 10.5. The van der Waals surface area contributed by atoms with Crippen LogP contribution in [-0.2, 0) is 17.9 Å². The summed E-state index contributed by atoms with van der Waals surface area (Å²) in [4.78, 5) is 4.16. The first-order valence-electron chi connectivity index (χ1n) is 6.58. The van der Waals surface area contributed by atoms with Crippen molar-refractivity contribution < 1.29 is 9.84 Å². The van der Waals surface area contributed by atoms with E-state index in [9.17, 15) is 5.11 Å². The fourth-order valence-electron chi connectivity index (χ4n) is 2.33. The zero-order chi connectivity index (χ0) is 12.1. The summed E-state index contributed by atoms with van der Waals surface area (Å²) in [5.74, 6) is 0. The molecule has 0 spiro atoms. The number of nitrogens with zero attached hydrogens (tertiary/aromatic N) is 2. The third-order valence-electron chi connectivity index (χ3n) is 3.37. The van der Waals surface area contributed by atoms with Crippen LogP contribution in [0.15, 0.2) is 12.5 Å². The molecule has 1 N–H and O–H groups in total. The van der Waals surface area contributed by atoms with Gasteiger partial charge in [-0.15, -0.1) is 0 Å². The molecule has 0 saturated heterocycles. The van der Waals surface area contributed by atoms with Gasteiger partial charge in [0.05, 0.1) is 37.0 Å². The van der Waals surface area contributed by atoms with Crippen molar-refractivity contribution in [2.24, 2.45) is 0 Å². The lowest BCUT2D eigenvalue weighted by Gasteiger charge is -2.25. The van der Waals surface area contributed by atoms with E-state index in [4.69, 9.17) is 4.74 Å². The van der Waals surface area contributed by atoms with E-state index in [-0.39, 0.29) is 6.10 Å². The molecule has 0 aliphatic heterocycles. The fraction of sp³-hybridized carbons (Fsp3) is 0.769. The van der Waals surface area contributed by atoms with Crippen LogP contribution in [-0.4, -0.2) is 26.9 Å². The summed E-state index contributed by atoms with van der Waals surface area (Å²) in [7, 11) is 0. The van der Waals surface area contributed by atoms with Gasteiger partial charge in [0.25, 0.3) is 0 Å². The van der Waals surface area contributed by atoms with Crippen LogP contribution >= 0.6 is 0 Å². The minimum Gasteiger partial charge on any atom is -0.393 e. The molecule has 2 rings (SSSR count). The summed E-state index contributed by atoms with van der Waals surface area (Å²) < 4.78 is 8.04. The summed E-state index contributed by atoms with van der Waals surface area (Å²) in [5.41, 5.74) is 1.15. The molecule has 0 unspecified atom stereocenters. The molecule has 1 fully saturated rings. The summed E-state index contributed by atoms with van der Waals surface area (Å²) in [6.45, 7) is 3.80. The van der Waals surface area contributed by atoms with E-state index in [2.05, 4.69) is 16.5 Å². The Labute approximate surface area is 103 Å². The smallest absolute Gasteiger partial charge is 0.0948 e. The Morgan fingerprint density at radius 2 is 2.18 bits per heavy atom. The highest BCUT2D eigenvalue weighted by Crippen LogP contribution is 2.21. The molecule has 17 heavy (non-hydrogen) atoms. The molecule has 0 radical (unpaired) electrons. The number of hydrogen-bond donors (Lipinski definition) is 1. The summed E-state index contributed by atoms with van der Waals surface area (Å²) in [5, 5.41) is 9.42. The van der Waals surface area contributed by atoms with Crippen LogP contribution in [0, 0.1) is 0 Å². The Balaban J connectivity index is 1.79. The van der Waals surface area contributed by atoms with Gasteiger partial charge in [-0.3, -0.25) is 0 Å². The van der Waals surface area contributed by atoms with Gasteiger partial charge in [0.2, 0.25) is 0 Å². The van der Waals surface area contributed by atoms with Crippen LogP contribution in [0.5, 0.6) is 0 Å². The Morgan fingerprint density at radius 1 is 1.41 bits per heavy atom. The maximum absolute atomic E-state index is 9.42. The Kier molecular flexibility index (Phi) is 4.57. The van der Waals surface area contributed by atoms with Gasteiger partial charge in [0.1, 0.15) is 0 Å². The van der Waals surface area contributed by atoms with Gasteiger partial charge in [0, 0.05) is 6.54 Å². The second-order valence-corrected chi connectivity index (χ2v) is 4.82. The van der Waals surface area contributed by atoms with Crippen molar-refractivity contribution in [1.82, 2.24) is 9.55 Å². The van der Waals surface area contributed by atoms with Crippen molar-refractivity contribution in [3.63, 3.8) is 0 Å². The average molecular weight is 238 g/mol. The van der Waals surface area contributed by atoms with Gasteiger partial charge in [-0.25, -0.2) is 4.98 Å². The maximum Gasteiger partial charge on any atom is 0.0948 e. The minimum absolute atomic E-state index is 0.111. The van der Waals surface area contributed by atoms with Crippen LogP contribution in [0.2, 0.25) is 0 Å². The normalized spacial score (nSPS) is 25.1.